The lowest BCUT2D eigenvalue weighted by Crippen LogP contribution is -2.10. The zero-order valence-corrected chi connectivity index (χ0v) is 9.62. The van der Waals surface area contributed by atoms with Crippen molar-refractivity contribution < 1.29 is 14.6 Å². The lowest BCUT2D eigenvalue weighted by atomic mass is 10.2. The molecule has 0 aliphatic carbocycles. The fraction of sp³-hybridized carbons (Fsp3) is 0.417. The van der Waals surface area contributed by atoms with Gasteiger partial charge < -0.3 is 15.2 Å². The minimum absolute atomic E-state index is 0.0171. The van der Waals surface area contributed by atoms with Crippen LogP contribution in [0.25, 0.3) is 0 Å². The van der Waals surface area contributed by atoms with Crippen LogP contribution >= 0.6 is 0 Å². The van der Waals surface area contributed by atoms with Crippen LogP contribution in [0.15, 0.2) is 18.2 Å². The minimum atomic E-state index is -0.110. The van der Waals surface area contributed by atoms with Crippen LogP contribution in [0, 0.1) is 0 Å². The van der Waals surface area contributed by atoms with Gasteiger partial charge in [0.05, 0.1) is 13.7 Å². The molecule has 0 bridgehead atoms. The van der Waals surface area contributed by atoms with Crippen molar-refractivity contribution in [3.63, 3.8) is 0 Å². The summed E-state index contributed by atoms with van der Waals surface area (Å²) in [5.74, 6) is 0.604. The number of rotatable bonds is 5. The third-order valence-corrected chi connectivity index (χ3v) is 2.21. The Morgan fingerprint density at radius 1 is 1.50 bits per heavy atom. The van der Waals surface area contributed by atoms with E-state index >= 15 is 0 Å². The third kappa shape index (κ3) is 3.24. The summed E-state index contributed by atoms with van der Waals surface area (Å²) in [4.78, 5) is 11.4. The number of methoxy groups -OCH3 is 1. The van der Waals surface area contributed by atoms with Gasteiger partial charge in [-0.2, -0.15) is 0 Å². The van der Waals surface area contributed by atoms with Gasteiger partial charge in [0, 0.05) is 17.7 Å². The molecule has 0 aliphatic heterocycles. The Balaban J connectivity index is 2.78. The second kappa shape index (κ2) is 6.12. The Morgan fingerprint density at radius 2 is 2.25 bits per heavy atom. The van der Waals surface area contributed by atoms with Crippen LogP contribution in [0.3, 0.4) is 0 Å². The SMILES string of the molecule is CCCC(=O)Nc1ccc(OC)c(CO)c1. The van der Waals surface area contributed by atoms with E-state index in [1.54, 1.807) is 25.3 Å². The van der Waals surface area contributed by atoms with Gasteiger partial charge in [-0.25, -0.2) is 0 Å². The van der Waals surface area contributed by atoms with Crippen LogP contribution < -0.4 is 10.1 Å². The predicted octanol–water partition coefficient (Wildman–Crippen LogP) is 1.93. The van der Waals surface area contributed by atoms with E-state index in [0.29, 0.717) is 23.4 Å². The molecule has 0 heterocycles. The number of carbonyl (C=O) groups excluding carboxylic acids is 1. The standard InChI is InChI=1S/C12H17NO3/c1-3-4-12(15)13-10-5-6-11(16-2)9(7-10)8-14/h5-7,14H,3-4,8H2,1-2H3,(H,13,15). The van der Waals surface area contributed by atoms with E-state index in [9.17, 15) is 4.79 Å². The molecule has 4 heteroatoms. The molecule has 1 aromatic carbocycles. The molecule has 0 fully saturated rings. The van der Waals surface area contributed by atoms with E-state index in [1.165, 1.54) is 0 Å². The average molecular weight is 223 g/mol. The highest BCUT2D eigenvalue weighted by Gasteiger charge is 2.05. The summed E-state index contributed by atoms with van der Waals surface area (Å²) < 4.78 is 5.07. The van der Waals surface area contributed by atoms with E-state index in [1.807, 2.05) is 6.92 Å². The lowest BCUT2D eigenvalue weighted by Gasteiger charge is -2.09. The number of aliphatic hydroxyl groups excluding tert-OH is 1. The number of nitrogens with one attached hydrogen (secondary N) is 1. The summed E-state index contributed by atoms with van der Waals surface area (Å²) in [6.07, 6.45) is 1.31. The van der Waals surface area contributed by atoms with E-state index in [-0.39, 0.29) is 12.5 Å². The van der Waals surface area contributed by atoms with Crippen LogP contribution in [-0.2, 0) is 11.4 Å². The largest absolute Gasteiger partial charge is 0.496 e. The maximum atomic E-state index is 11.4. The quantitative estimate of drug-likeness (QED) is 0.801. The fourth-order valence-corrected chi connectivity index (χ4v) is 1.43. The summed E-state index contributed by atoms with van der Waals surface area (Å²) >= 11 is 0. The van der Waals surface area contributed by atoms with Crippen LogP contribution in [-0.4, -0.2) is 18.1 Å². The molecule has 0 radical (unpaired) electrons. The summed E-state index contributed by atoms with van der Waals surface area (Å²) in [5, 5.41) is 11.9. The molecule has 0 atom stereocenters. The first-order chi connectivity index (χ1) is 7.71. The van der Waals surface area contributed by atoms with Gasteiger partial charge in [0.15, 0.2) is 0 Å². The molecular weight excluding hydrogens is 206 g/mol. The summed E-state index contributed by atoms with van der Waals surface area (Å²) in [6, 6.07) is 5.20. The molecule has 88 valence electrons. The molecule has 0 saturated heterocycles. The topological polar surface area (TPSA) is 58.6 Å². The first-order valence-electron chi connectivity index (χ1n) is 5.28. The third-order valence-electron chi connectivity index (χ3n) is 2.21. The molecule has 0 aromatic heterocycles. The smallest absolute Gasteiger partial charge is 0.224 e. The Kier molecular flexibility index (Phi) is 4.79. The van der Waals surface area contributed by atoms with E-state index in [4.69, 9.17) is 9.84 Å². The molecule has 4 nitrogen and oxygen atoms in total. The monoisotopic (exact) mass is 223 g/mol. The van der Waals surface area contributed by atoms with Crippen molar-refractivity contribution in [3.05, 3.63) is 23.8 Å². The van der Waals surface area contributed by atoms with Gasteiger partial charge in [-0.3, -0.25) is 4.79 Å². The van der Waals surface area contributed by atoms with E-state index in [2.05, 4.69) is 5.32 Å². The molecular formula is C12H17NO3. The zero-order chi connectivity index (χ0) is 12.0. The van der Waals surface area contributed by atoms with Gasteiger partial charge >= 0.3 is 0 Å². The Bertz CT molecular complexity index is 363. The maximum absolute atomic E-state index is 11.4. The Labute approximate surface area is 95.2 Å². The number of hydrogen-bond acceptors (Lipinski definition) is 3. The minimum Gasteiger partial charge on any atom is -0.496 e. The van der Waals surface area contributed by atoms with Crippen LogP contribution in [0.1, 0.15) is 25.3 Å². The predicted molar refractivity (Wildman–Crippen MR) is 62.5 cm³/mol. The number of hydrogen-bond donors (Lipinski definition) is 2. The first-order valence-corrected chi connectivity index (χ1v) is 5.28. The molecule has 0 unspecified atom stereocenters. The Hall–Kier alpha value is -1.55. The van der Waals surface area contributed by atoms with Gasteiger partial charge in [0.25, 0.3) is 0 Å². The van der Waals surface area contributed by atoms with Crippen molar-refractivity contribution in [1.82, 2.24) is 0 Å². The second-order valence-corrected chi connectivity index (χ2v) is 3.48. The van der Waals surface area contributed by atoms with Gasteiger partial charge in [-0.15, -0.1) is 0 Å². The lowest BCUT2D eigenvalue weighted by molar-refractivity contribution is -0.116. The van der Waals surface area contributed by atoms with Gasteiger partial charge in [0.1, 0.15) is 5.75 Å². The first kappa shape index (κ1) is 12.5. The van der Waals surface area contributed by atoms with Crippen molar-refractivity contribution in [2.75, 3.05) is 12.4 Å². The number of aliphatic hydroxyl groups is 1. The molecule has 16 heavy (non-hydrogen) atoms. The highest BCUT2D eigenvalue weighted by molar-refractivity contribution is 5.90. The van der Waals surface area contributed by atoms with Crippen molar-refractivity contribution >= 4 is 11.6 Å². The molecule has 0 saturated carbocycles. The average Bonchev–Trinajstić information content (AvgIpc) is 2.29. The summed E-state index contributed by atoms with van der Waals surface area (Å²) in [5.41, 5.74) is 1.35. The highest BCUT2D eigenvalue weighted by Crippen LogP contribution is 2.22. The second-order valence-electron chi connectivity index (χ2n) is 3.48. The van der Waals surface area contributed by atoms with Gasteiger partial charge in [-0.1, -0.05) is 6.92 Å². The Morgan fingerprint density at radius 3 is 2.81 bits per heavy atom. The number of ether oxygens (including phenoxy) is 1. The molecule has 1 amide bonds. The van der Waals surface area contributed by atoms with Crippen LogP contribution in [0.5, 0.6) is 5.75 Å². The number of anilines is 1. The van der Waals surface area contributed by atoms with Gasteiger partial charge in [-0.05, 0) is 24.6 Å². The van der Waals surface area contributed by atoms with Crippen molar-refractivity contribution in [2.24, 2.45) is 0 Å². The number of amides is 1. The molecule has 0 spiro atoms. The van der Waals surface area contributed by atoms with E-state index in [0.717, 1.165) is 6.42 Å². The maximum Gasteiger partial charge on any atom is 0.224 e. The summed E-state index contributed by atoms with van der Waals surface area (Å²) in [6.45, 7) is 1.84. The molecule has 1 aromatic rings. The fourth-order valence-electron chi connectivity index (χ4n) is 1.43. The zero-order valence-electron chi connectivity index (χ0n) is 9.62. The van der Waals surface area contributed by atoms with Crippen LogP contribution in [0.4, 0.5) is 5.69 Å². The van der Waals surface area contributed by atoms with Gasteiger partial charge in [0.2, 0.25) is 5.91 Å². The van der Waals surface area contributed by atoms with E-state index < -0.39 is 0 Å². The molecule has 2 N–H and O–H groups in total. The van der Waals surface area contributed by atoms with Crippen molar-refractivity contribution in [1.29, 1.82) is 0 Å². The van der Waals surface area contributed by atoms with Crippen molar-refractivity contribution in [3.8, 4) is 5.75 Å². The summed E-state index contributed by atoms with van der Waals surface area (Å²) in [7, 11) is 1.55. The molecule has 0 aliphatic rings. The highest BCUT2D eigenvalue weighted by atomic mass is 16.5. The number of benzene rings is 1. The molecule has 1 rings (SSSR count). The normalized spacial score (nSPS) is 9.94. The van der Waals surface area contributed by atoms with Crippen LogP contribution in [0.2, 0.25) is 0 Å². The van der Waals surface area contributed by atoms with Crippen molar-refractivity contribution in [2.45, 2.75) is 26.4 Å². The number of carbonyl (C=O) groups is 1.